The van der Waals surface area contributed by atoms with Crippen LogP contribution in [-0.4, -0.2) is 33.6 Å². The molecule has 0 heterocycles. The molecule has 4 fully saturated rings. The fraction of sp³-hybridized carbons (Fsp3) is 0.900. The standard InChI is InChI=1S/C20H32O3/c1-11-12-5-6-15-19(4)9-13(21)8-18(2,3)16(19)14(22)10-20(15,7-12)17(11)23/h12-17,21-23H,1,5-10H2,2-4H3/t12-,13+,14+,15-,16+,17+,19-,20-/m1/s1. The van der Waals surface area contributed by atoms with Crippen molar-refractivity contribution < 1.29 is 15.3 Å². The van der Waals surface area contributed by atoms with Gasteiger partial charge in [0.1, 0.15) is 0 Å². The third-order valence-electron chi connectivity index (χ3n) is 8.30. The molecule has 23 heavy (non-hydrogen) atoms. The van der Waals surface area contributed by atoms with Crippen molar-refractivity contribution in [2.24, 2.45) is 34.0 Å². The first-order valence-electron chi connectivity index (χ1n) is 9.35. The highest BCUT2D eigenvalue weighted by Gasteiger charge is 2.69. The molecule has 4 aliphatic carbocycles. The predicted molar refractivity (Wildman–Crippen MR) is 89.7 cm³/mol. The van der Waals surface area contributed by atoms with Gasteiger partial charge in [0.05, 0.1) is 18.3 Å². The molecule has 0 saturated heterocycles. The van der Waals surface area contributed by atoms with Gasteiger partial charge in [0.25, 0.3) is 0 Å². The van der Waals surface area contributed by atoms with Crippen molar-refractivity contribution in [2.45, 2.75) is 77.6 Å². The lowest BCUT2D eigenvalue weighted by molar-refractivity contribution is -0.229. The Balaban J connectivity index is 1.83. The molecule has 0 aromatic carbocycles. The molecule has 4 rings (SSSR count). The van der Waals surface area contributed by atoms with E-state index in [0.29, 0.717) is 18.3 Å². The summed E-state index contributed by atoms with van der Waals surface area (Å²) in [4.78, 5) is 0. The summed E-state index contributed by atoms with van der Waals surface area (Å²) >= 11 is 0. The van der Waals surface area contributed by atoms with Crippen LogP contribution in [0, 0.1) is 34.0 Å². The van der Waals surface area contributed by atoms with E-state index in [0.717, 1.165) is 37.7 Å². The second-order valence-corrected chi connectivity index (χ2v) is 10.0. The summed E-state index contributed by atoms with van der Waals surface area (Å²) < 4.78 is 0. The normalized spacial score (nSPS) is 57.7. The summed E-state index contributed by atoms with van der Waals surface area (Å²) in [5.41, 5.74) is 0.621. The molecule has 1 spiro atoms. The third-order valence-corrected chi connectivity index (χ3v) is 8.30. The first kappa shape index (κ1) is 16.1. The molecule has 0 aliphatic heterocycles. The second kappa shape index (κ2) is 4.62. The van der Waals surface area contributed by atoms with E-state index in [4.69, 9.17) is 0 Å². The maximum atomic E-state index is 11.1. The largest absolute Gasteiger partial charge is 0.393 e. The van der Waals surface area contributed by atoms with Crippen LogP contribution in [0.4, 0.5) is 0 Å². The van der Waals surface area contributed by atoms with Gasteiger partial charge in [0.15, 0.2) is 0 Å². The topological polar surface area (TPSA) is 60.7 Å². The maximum Gasteiger partial charge on any atom is 0.0810 e. The Hall–Kier alpha value is -0.380. The zero-order valence-electron chi connectivity index (χ0n) is 14.8. The van der Waals surface area contributed by atoms with Gasteiger partial charge in [-0.3, -0.25) is 0 Å². The van der Waals surface area contributed by atoms with Crippen LogP contribution >= 0.6 is 0 Å². The molecule has 8 atom stereocenters. The van der Waals surface area contributed by atoms with Gasteiger partial charge in [-0.2, -0.15) is 0 Å². The van der Waals surface area contributed by atoms with E-state index >= 15 is 0 Å². The average Bonchev–Trinajstić information content (AvgIpc) is 2.57. The molecule has 0 aromatic heterocycles. The van der Waals surface area contributed by atoms with Gasteiger partial charge in [-0.05, 0) is 72.7 Å². The van der Waals surface area contributed by atoms with Gasteiger partial charge in [-0.1, -0.05) is 27.4 Å². The molecule has 3 nitrogen and oxygen atoms in total. The van der Waals surface area contributed by atoms with Crippen LogP contribution in [0.25, 0.3) is 0 Å². The Bertz CT molecular complexity index is 541. The molecule has 3 heteroatoms. The summed E-state index contributed by atoms with van der Waals surface area (Å²) in [6, 6.07) is 0. The summed E-state index contributed by atoms with van der Waals surface area (Å²) in [5.74, 6) is 1.00. The van der Waals surface area contributed by atoms with E-state index in [1.807, 2.05) is 0 Å². The highest BCUT2D eigenvalue weighted by molar-refractivity contribution is 5.28. The van der Waals surface area contributed by atoms with Crippen molar-refractivity contribution in [1.29, 1.82) is 0 Å². The lowest BCUT2D eigenvalue weighted by atomic mass is 9.40. The van der Waals surface area contributed by atoms with E-state index < -0.39 is 12.2 Å². The smallest absolute Gasteiger partial charge is 0.0810 e. The molecule has 2 bridgehead atoms. The van der Waals surface area contributed by atoms with Gasteiger partial charge < -0.3 is 15.3 Å². The SMILES string of the molecule is C=C1[C@@H]2CC[C@@H]3[C@@]4(C)C[C@@H](O)CC(C)(C)[C@@H]4[C@@H](O)C[C@@]3(C2)[C@H]1O. The van der Waals surface area contributed by atoms with Crippen molar-refractivity contribution in [2.75, 3.05) is 0 Å². The minimum Gasteiger partial charge on any atom is -0.393 e. The van der Waals surface area contributed by atoms with E-state index in [1.165, 1.54) is 0 Å². The zero-order valence-corrected chi connectivity index (χ0v) is 14.8. The van der Waals surface area contributed by atoms with Gasteiger partial charge in [-0.25, -0.2) is 0 Å². The average molecular weight is 320 g/mol. The fourth-order valence-electron chi connectivity index (χ4n) is 8.05. The summed E-state index contributed by atoms with van der Waals surface area (Å²) in [7, 11) is 0. The second-order valence-electron chi connectivity index (χ2n) is 10.0. The number of aliphatic hydroxyl groups is 3. The number of hydrogen-bond donors (Lipinski definition) is 3. The Morgan fingerprint density at radius 2 is 1.65 bits per heavy atom. The molecular formula is C20H32O3. The minimum atomic E-state index is -0.477. The third kappa shape index (κ3) is 1.88. The van der Waals surface area contributed by atoms with Crippen LogP contribution in [0.3, 0.4) is 0 Å². The molecule has 0 amide bonds. The minimum absolute atomic E-state index is 0.0646. The highest BCUT2D eigenvalue weighted by atomic mass is 16.3. The number of fused-ring (bicyclic) bond motifs is 3. The van der Waals surface area contributed by atoms with Crippen LogP contribution < -0.4 is 0 Å². The Kier molecular flexibility index (Phi) is 3.23. The van der Waals surface area contributed by atoms with Gasteiger partial charge in [0, 0.05) is 5.41 Å². The predicted octanol–water partition coefficient (Wildman–Crippen LogP) is 2.89. The Labute approximate surface area is 139 Å². The molecule has 0 radical (unpaired) electrons. The number of rotatable bonds is 0. The van der Waals surface area contributed by atoms with Gasteiger partial charge in [-0.15, -0.1) is 0 Å². The van der Waals surface area contributed by atoms with Crippen molar-refractivity contribution in [1.82, 2.24) is 0 Å². The van der Waals surface area contributed by atoms with E-state index in [2.05, 4.69) is 27.4 Å². The Morgan fingerprint density at radius 3 is 2.35 bits per heavy atom. The Morgan fingerprint density at radius 1 is 0.957 bits per heavy atom. The van der Waals surface area contributed by atoms with Gasteiger partial charge >= 0.3 is 0 Å². The van der Waals surface area contributed by atoms with Crippen molar-refractivity contribution in [3.8, 4) is 0 Å². The summed E-state index contributed by atoms with van der Waals surface area (Å²) in [6.45, 7) is 10.9. The molecule has 4 saturated carbocycles. The molecule has 0 aromatic rings. The highest BCUT2D eigenvalue weighted by Crippen LogP contribution is 2.71. The first-order valence-corrected chi connectivity index (χ1v) is 9.35. The number of hydrogen-bond acceptors (Lipinski definition) is 3. The van der Waals surface area contributed by atoms with E-state index in [9.17, 15) is 15.3 Å². The number of aliphatic hydroxyl groups excluding tert-OH is 3. The molecule has 3 N–H and O–H groups in total. The van der Waals surface area contributed by atoms with Gasteiger partial charge in [0.2, 0.25) is 0 Å². The quantitative estimate of drug-likeness (QED) is 0.602. The van der Waals surface area contributed by atoms with Crippen molar-refractivity contribution in [3.05, 3.63) is 12.2 Å². The van der Waals surface area contributed by atoms with Crippen molar-refractivity contribution >= 4 is 0 Å². The molecule has 0 unspecified atom stereocenters. The van der Waals surface area contributed by atoms with Crippen LogP contribution in [0.2, 0.25) is 0 Å². The molecule has 4 aliphatic rings. The first-order chi connectivity index (χ1) is 10.6. The van der Waals surface area contributed by atoms with Crippen LogP contribution in [0.5, 0.6) is 0 Å². The fourth-order valence-corrected chi connectivity index (χ4v) is 8.05. The summed E-state index contributed by atoms with van der Waals surface area (Å²) in [6.07, 6.45) is 4.25. The lowest BCUT2D eigenvalue weighted by Crippen LogP contribution is -2.64. The van der Waals surface area contributed by atoms with Crippen molar-refractivity contribution in [3.63, 3.8) is 0 Å². The molecular weight excluding hydrogens is 288 g/mol. The van der Waals surface area contributed by atoms with E-state index in [-0.39, 0.29) is 28.3 Å². The maximum absolute atomic E-state index is 11.1. The van der Waals surface area contributed by atoms with Crippen LogP contribution in [0.1, 0.15) is 59.3 Å². The van der Waals surface area contributed by atoms with E-state index in [1.54, 1.807) is 0 Å². The lowest BCUT2D eigenvalue weighted by Gasteiger charge is -2.66. The molecule has 130 valence electrons. The van der Waals surface area contributed by atoms with Crippen LogP contribution in [0.15, 0.2) is 12.2 Å². The monoisotopic (exact) mass is 320 g/mol. The zero-order chi connectivity index (χ0) is 16.8. The van der Waals surface area contributed by atoms with Crippen LogP contribution in [-0.2, 0) is 0 Å². The summed E-state index contributed by atoms with van der Waals surface area (Å²) in [5, 5.41) is 32.7.